The van der Waals surface area contributed by atoms with Gasteiger partial charge in [-0.3, -0.25) is 0 Å². The summed E-state index contributed by atoms with van der Waals surface area (Å²) < 4.78 is 19.0. The monoisotopic (exact) mass is 272 g/mol. The van der Waals surface area contributed by atoms with E-state index in [9.17, 15) is 9.18 Å². The van der Waals surface area contributed by atoms with Crippen LogP contribution in [0.25, 0.3) is 0 Å². The van der Waals surface area contributed by atoms with Crippen molar-refractivity contribution in [3.8, 4) is 5.75 Å². The Labute approximate surface area is 115 Å². The first-order chi connectivity index (χ1) is 9.66. The van der Waals surface area contributed by atoms with Crippen LogP contribution in [0.1, 0.15) is 27.4 Å². The van der Waals surface area contributed by atoms with Crippen molar-refractivity contribution >= 4 is 5.97 Å². The van der Waals surface area contributed by atoms with Crippen LogP contribution in [0.15, 0.2) is 42.5 Å². The predicted molar refractivity (Wildman–Crippen MR) is 71.7 cm³/mol. The number of benzene rings is 2. The topological polar surface area (TPSA) is 46.5 Å². The Morgan fingerprint density at radius 2 is 2.05 bits per heavy atom. The third kappa shape index (κ3) is 2.13. The van der Waals surface area contributed by atoms with Gasteiger partial charge < -0.3 is 9.84 Å². The zero-order valence-corrected chi connectivity index (χ0v) is 10.7. The van der Waals surface area contributed by atoms with Gasteiger partial charge in [-0.15, -0.1) is 0 Å². The van der Waals surface area contributed by atoms with Gasteiger partial charge >= 0.3 is 5.97 Å². The number of rotatable bonds is 4. The molecule has 0 spiro atoms. The average molecular weight is 272 g/mol. The van der Waals surface area contributed by atoms with E-state index < -0.39 is 17.3 Å². The van der Waals surface area contributed by atoms with Gasteiger partial charge in [0.15, 0.2) is 0 Å². The van der Waals surface area contributed by atoms with Gasteiger partial charge in [-0.25, -0.2) is 9.18 Å². The molecule has 3 nitrogen and oxygen atoms in total. The lowest BCUT2D eigenvalue weighted by Crippen LogP contribution is -2.23. The number of aromatic carboxylic acids is 1. The second-order valence-corrected chi connectivity index (χ2v) is 4.83. The molecule has 0 saturated heterocycles. The first-order valence-electron chi connectivity index (χ1n) is 6.39. The zero-order valence-electron chi connectivity index (χ0n) is 10.7. The third-order valence-electron chi connectivity index (χ3n) is 3.59. The number of fused-ring (bicyclic) bond motifs is 1. The van der Waals surface area contributed by atoms with Crippen LogP contribution in [0.4, 0.5) is 4.39 Å². The molecule has 1 N–H and O–H groups in total. The Morgan fingerprint density at radius 1 is 1.25 bits per heavy atom. The summed E-state index contributed by atoms with van der Waals surface area (Å²) in [4.78, 5) is 11.0. The number of halogens is 1. The van der Waals surface area contributed by atoms with Gasteiger partial charge in [0.1, 0.15) is 17.1 Å². The molecule has 4 heteroatoms. The molecule has 0 radical (unpaired) electrons. The highest BCUT2D eigenvalue weighted by Gasteiger charge is 2.26. The van der Waals surface area contributed by atoms with Crippen LogP contribution in [0.2, 0.25) is 0 Å². The Kier molecular flexibility index (Phi) is 3.14. The van der Waals surface area contributed by atoms with Crippen molar-refractivity contribution in [2.45, 2.75) is 12.3 Å². The van der Waals surface area contributed by atoms with Crippen LogP contribution in [-0.2, 0) is 6.42 Å². The van der Waals surface area contributed by atoms with E-state index >= 15 is 0 Å². The predicted octanol–water partition coefficient (Wildman–Crippen LogP) is 3.24. The Balaban J connectivity index is 1.75. The standard InChI is InChI=1S/C16H13FO3/c17-13-6-3-7-14(15(13)16(18)19)20-9-11-8-10-4-1-2-5-12(10)11/h1-7,11H,8-9H2,(H,18,19). The van der Waals surface area contributed by atoms with Crippen LogP contribution in [-0.4, -0.2) is 17.7 Å². The van der Waals surface area contributed by atoms with Gasteiger partial charge in [0.2, 0.25) is 0 Å². The van der Waals surface area contributed by atoms with Crippen molar-refractivity contribution in [3.63, 3.8) is 0 Å². The molecule has 3 rings (SSSR count). The van der Waals surface area contributed by atoms with Crippen molar-refractivity contribution in [1.82, 2.24) is 0 Å². The maximum absolute atomic E-state index is 13.5. The third-order valence-corrected chi connectivity index (χ3v) is 3.59. The van der Waals surface area contributed by atoms with E-state index in [0.717, 1.165) is 12.5 Å². The van der Waals surface area contributed by atoms with E-state index in [2.05, 4.69) is 6.07 Å². The van der Waals surface area contributed by atoms with Crippen LogP contribution in [0, 0.1) is 5.82 Å². The average Bonchev–Trinajstić information content (AvgIpc) is 2.39. The Morgan fingerprint density at radius 3 is 2.80 bits per heavy atom. The second-order valence-electron chi connectivity index (χ2n) is 4.83. The summed E-state index contributed by atoms with van der Waals surface area (Å²) in [6.45, 7) is 0.362. The van der Waals surface area contributed by atoms with Gasteiger partial charge in [-0.1, -0.05) is 30.3 Å². The summed E-state index contributed by atoms with van der Waals surface area (Å²) in [5.74, 6) is -1.76. The van der Waals surface area contributed by atoms with Crippen LogP contribution in [0.5, 0.6) is 5.75 Å². The van der Waals surface area contributed by atoms with E-state index in [1.54, 1.807) is 0 Å². The fourth-order valence-electron chi connectivity index (χ4n) is 2.53. The minimum absolute atomic E-state index is 0.0851. The van der Waals surface area contributed by atoms with Crippen molar-refractivity contribution in [2.24, 2.45) is 0 Å². The van der Waals surface area contributed by atoms with Crippen molar-refractivity contribution in [3.05, 3.63) is 65.0 Å². The summed E-state index contributed by atoms with van der Waals surface area (Å²) in [6.07, 6.45) is 0.911. The molecule has 0 amide bonds. The molecule has 0 fully saturated rings. The molecule has 2 aromatic rings. The maximum Gasteiger partial charge on any atom is 0.342 e. The van der Waals surface area contributed by atoms with Gasteiger partial charge in [0.05, 0.1) is 6.61 Å². The lowest BCUT2D eigenvalue weighted by atomic mass is 9.78. The molecular formula is C16H13FO3. The molecule has 20 heavy (non-hydrogen) atoms. The number of carboxylic acid groups (broad SMARTS) is 1. The molecule has 0 aliphatic heterocycles. The van der Waals surface area contributed by atoms with Gasteiger partial charge in [-0.2, -0.15) is 0 Å². The fraction of sp³-hybridized carbons (Fsp3) is 0.188. The minimum atomic E-state index is -1.31. The van der Waals surface area contributed by atoms with Crippen molar-refractivity contribution < 1.29 is 19.0 Å². The first kappa shape index (κ1) is 12.7. The Bertz CT molecular complexity index is 667. The number of carbonyl (C=O) groups is 1. The van der Waals surface area contributed by atoms with Gasteiger partial charge in [-0.05, 0) is 29.7 Å². The molecule has 102 valence electrons. The van der Waals surface area contributed by atoms with Crippen LogP contribution >= 0.6 is 0 Å². The quantitative estimate of drug-likeness (QED) is 0.929. The molecule has 1 atom stereocenters. The lowest BCUT2D eigenvalue weighted by Gasteiger charge is -2.30. The summed E-state index contributed by atoms with van der Waals surface area (Å²) in [6, 6.07) is 12.1. The van der Waals surface area contributed by atoms with Gasteiger partial charge in [0, 0.05) is 5.92 Å². The molecule has 0 heterocycles. The lowest BCUT2D eigenvalue weighted by molar-refractivity contribution is 0.0686. The molecule has 0 aromatic heterocycles. The number of hydrogen-bond acceptors (Lipinski definition) is 2. The van der Waals surface area contributed by atoms with E-state index in [1.165, 1.54) is 23.3 Å². The highest BCUT2D eigenvalue weighted by Crippen LogP contribution is 2.35. The van der Waals surface area contributed by atoms with E-state index in [-0.39, 0.29) is 11.7 Å². The largest absolute Gasteiger partial charge is 0.492 e. The highest BCUT2D eigenvalue weighted by molar-refractivity contribution is 5.91. The number of ether oxygens (including phenoxy) is 1. The van der Waals surface area contributed by atoms with Crippen molar-refractivity contribution in [2.75, 3.05) is 6.61 Å². The molecule has 0 bridgehead atoms. The summed E-state index contributed by atoms with van der Waals surface area (Å²) in [5, 5.41) is 9.02. The first-order valence-corrected chi connectivity index (χ1v) is 6.39. The highest BCUT2D eigenvalue weighted by atomic mass is 19.1. The maximum atomic E-state index is 13.5. The summed E-state index contributed by atoms with van der Waals surface area (Å²) in [5.41, 5.74) is 2.11. The van der Waals surface area contributed by atoms with E-state index in [1.807, 2.05) is 18.2 Å². The number of hydrogen-bond donors (Lipinski definition) is 1. The van der Waals surface area contributed by atoms with E-state index in [4.69, 9.17) is 9.84 Å². The molecule has 0 saturated carbocycles. The molecule has 1 unspecified atom stereocenters. The van der Waals surface area contributed by atoms with Crippen LogP contribution in [0.3, 0.4) is 0 Å². The second kappa shape index (κ2) is 4.96. The number of carboxylic acids is 1. The fourth-order valence-corrected chi connectivity index (χ4v) is 2.53. The summed E-state index contributed by atoms with van der Waals surface area (Å²) in [7, 11) is 0. The smallest absolute Gasteiger partial charge is 0.342 e. The van der Waals surface area contributed by atoms with Crippen molar-refractivity contribution in [1.29, 1.82) is 0 Å². The zero-order chi connectivity index (χ0) is 14.1. The molecule has 1 aliphatic carbocycles. The van der Waals surface area contributed by atoms with Gasteiger partial charge in [0.25, 0.3) is 0 Å². The summed E-state index contributed by atoms with van der Waals surface area (Å²) >= 11 is 0. The SMILES string of the molecule is O=C(O)c1c(F)cccc1OCC1Cc2ccccc21. The molecule has 1 aliphatic rings. The van der Waals surface area contributed by atoms with Crippen LogP contribution < -0.4 is 4.74 Å². The molecule has 2 aromatic carbocycles. The molecular weight excluding hydrogens is 259 g/mol. The van der Waals surface area contributed by atoms with E-state index in [0.29, 0.717) is 6.61 Å². The normalized spacial score (nSPS) is 16.1. The minimum Gasteiger partial charge on any atom is -0.492 e. The Hall–Kier alpha value is -2.36.